The van der Waals surface area contributed by atoms with Gasteiger partial charge in [0.1, 0.15) is 0 Å². The van der Waals surface area contributed by atoms with Gasteiger partial charge in [0.15, 0.2) is 0 Å². The summed E-state index contributed by atoms with van der Waals surface area (Å²) in [4.78, 5) is 13.7. The van der Waals surface area contributed by atoms with Gasteiger partial charge in [-0.3, -0.25) is 10.6 Å². The van der Waals surface area contributed by atoms with Crippen molar-refractivity contribution in [3.05, 3.63) is 0 Å². The van der Waals surface area contributed by atoms with Crippen LogP contribution < -0.4 is 5.84 Å². The van der Waals surface area contributed by atoms with Gasteiger partial charge in [-0.15, -0.1) is 0 Å². The molecule has 0 bridgehead atoms. The number of carbonyl (C=O) groups is 1. The third-order valence-corrected chi connectivity index (χ3v) is 2.24. The van der Waals surface area contributed by atoms with Gasteiger partial charge >= 0.3 is 0 Å². The molecule has 0 atom stereocenters. The number of hydrazine groups is 1. The first-order valence-electron chi connectivity index (χ1n) is 4.70. The van der Waals surface area contributed by atoms with Crippen LogP contribution in [0.4, 0.5) is 0 Å². The van der Waals surface area contributed by atoms with Crippen LogP contribution in [0.15, 0.2) is 0 Å². The predicted molar refractivity (Wildman–Crippen MR) is 51.8 cm³/mol. The van der Waals surface area contributed by atoms with E-state index in [-0.39, 0.29) is 11.3 Å². The summed E-state index contributed by atoms with van der Waals surface area (Å²) in [6, 6.07) is 0. The zero-order valence-electron chi connectivity index (χ0n) is 8.71. The van der Waals surface area contributed by atoms with E-state index >= 15 is 0 Å². The molecule has 0 spiro atoms. The molecule has 2 N–H and O–H groups in total. The molecule has 0 aromatic rings. The Bertz CT molecular complexity index is 190. The second-order valence-corrected chi connectivity index (χ2v) is 4.58. The van der Waals surface area contributed by atoms with Crippen LogP contribution in [0.1, 0.15) is 20.8 Å². The summed E-state index contributed by atoms with van der Waals surface area (Å²) >= 11 is 0. The molecule has 0 aliphatic carbocycles. The highest BCUT2D eigenvalue weighted by Gasteiger charge is 2.28. The summed E-state index contributed by atoms with van der Waals surface area (Å²) < 4.78 is 0. The minimum atomic E-state index is -0.267. The summed E-state index contributed by atoms with van der Waals surface area (Å²) in [6.07, 6.45) is 0. The van der Waals surface area contributed by atoms with Gasteiger partial charge in [-0.25, -0.2) is 5.01 Å². The topological polar surface area (TPSA) is 49.6 Å². The first kappa shape index (κ1) is 10.5. The lowest BCUT2D eigenvalue weighted by atomic mass is 9.94. The second-order valence-electron chi connectivity index (χ2n) is 4.58. The van der Waals surface area contributed by atoms with Crippen LogP contribution in [-0.2, 0) is 4.79 Å². The highest BCUT2D eigenvalue weighted by atomic mass is 16.2. The second kappa shape index (κ2) is 3.64. The van der Waals surface area contributed by atoms with Crippen molar-refractivity contribution >= 4 is 5.91 Å². The average molecular weight is 185 g/mol. The smallest absolute Gasteiger partial charge is 0.228 e. The summed E-state index contributed by atoms with van der Waals surface area (Å²) in [5.74, 6) is 5.82. The summed E-state index contributed by atoms with van der Waals surface area (Å²) in [5, 5.41) is 1.76. The first-order chi connectivity index (χ1) is 5.91. The molecule has 1 fully saturated rings. The molecular weight excluding hydrogens is 166 g/mol. The normalized spacial score (nSPS) is 20.5. The molecule has 0 radical (unpaired) electrons. The van der Waals surface area contributed by atoms with Crippen LogP contribution in [0, 0.1) is 5.41 Å². The van der Waals surface area contributed by atoms with E-state index in [2.05, 4.69) is 0 Å². The molecule has 76 valence electrons. The molecule has 4 nitrogen and oxygen atoms in total. The monoisotopic (exact) mass is 185 g/mol. The molecule has 1 rings (SSSR count). The van der Waals surface area contributed by atoms with E-state index in [0.29, 0.717) is 0 Å². The van der Waals surface area contributed by atoms with Crippen molar-refractivity contribution in [3.8, 4) is 0 Å². The molecular formula is C9H19N3O. The predicted octanol–water partition coefficient (Wildman–Crippen LogP) is 0.0504. The largest absolute Gasteiger partial charge is 0.340 e. The zero-order valence-corrected chi connectivity index (χ0v) is 8.71. The Kier molecular flexibility index (Phi) is 2.93. The van der Waals surface area contributed by atoms with E-state index in [1.165, 1.54) is 0 Å². The van der Waals surface area contributed by atoms with E-state index in [1.807, 2.05) is 25.7 Å². The van der Waals surface area contributed by atoms with Gasteiger partial charge in [-0.1, -0.05) is 20.8 Å². The zero-order chi connectivity index (χ0) is 10.1. The molecule has 1 aliphatic rings. The lowest BCUT2D eigenvalue weighted by Gasteiger charge is -2.35. The molecule has 4 heteroatoms. The van der Waals surface area contributed by atoms with E-state index in [1.54, 1.807) is 5.01 Å². The Morgan fingerprint density at radius 1 is 1.15 bits per heavy atom. The van der Waals surface area contributed by atoms with Crippen molar-refractivity contribution in [1.29, 1.82) is 0 Å². The van der Waals surface area contributed by atoms with Gasteiger partial charge in [0.05, 0.1) is 0 Å². The highest BCUT2D eigenvalue weighted by molar-refractivity contribution is 5.81. The van der Waals surface area contributed by atoms with Gasteiger partial charge in [0.25, 0.3) is 0 Å². The number of carbonyl (C=O) groups excluding carboxylic acids is 1. The van der Waals surface area contributed by atoms with Crippen LogP contribution in [0.5, 0.6) is 0 Å². The van der Waals surface area contributed by atoms with Crippen LogP contribution in [0.3, 0.4) is 0 Å². The first-order valence-corrected chi connectivity index (χ1v) is 4.70. The molecule has 1 aliphatic heterocycles. The third-order valence-electron chi connectivity index (χ3n) is 2.24. The minimum absolute atomic E-state index is 0.223. The Hall–Kier alpha value is -0.610. The van der Waals surface area contributed by atoms with Crippen molar-refractivity contribution in [3.63, 3.8) is 0 Å². The maximum absolute atomic E-state index is 11.8. The van der Waals surface area contributed by atoms with Gasteiger partial charge in [-0.2, -0.15) is 0 Å². The van der Waals surface area contributed by atoms with Crippen LogP contribution >= 0.6 is 0 Å². The fraction of sp³-hybridized carbons (Fsp3) is 0.889. The molecule has 0 saturated carbocycles. The highest BCUT2D eigenvalue weighted by Crippen LogP contribution is 2.17. The fourth-order valence-corrected chi connectivity index (χ4v) is 1.40. The Balaban J connectivity index is 2.50. The molecule has 13 heavy (non-hydrogen) atoms. The number of rotatable bonds is 0. The summed E-state index contributed by atoms with van der Waals surface area (Å²) in [7, 11) is 0. The molecule has 1 heterocycles. The van der Waals surface area contributed by atoms with Gasteiger partial charge in [0.2, 0.25) is 5.91 Å². The van der Waals surface area contributed by atoms with Crippen molar-refractivity contribution < 1.29 is 4.79 Å². The molecule has 0 unspecified atom stereocenters. The Morgan fingerprint density at radius 3 is 2.00 bits per heavy atom. The average Bonchev–Trinajstić information content (AvgIpc) is 2.03. The number of nitrogens with two attached hydrogens (primary N) is 1. The standard InChI is InChI=1S/C9H19N3O/c1-9(2,3)8(13)11-4-6-12(10)7-5-11/h4-7,10H2,1-3H3. The van der Waals surface area contributed by atoms with Crippen LogP contribution in [-0.4, -0.2) is 42.0 Å². The Morgan fingerprint density at radius 2 is 1.62 bits per heavy atom. The lowest BCUT2D eigenvalue weighted by Crippen LogP contribution is -2.53. The minimum Gasteiger partial charge on any atom is -0.340 e. The quantitative estimate of drug-likeness (QED) is 0.542. The van der Waals surface area contributed by atoms with Gasteiger partial charge < -0.3 is 4.90 Å². The lowest BCUT2D eigenvalue weighted by molar-refractivity contribution is -0.141. The number of amides is 1. The van der Waals surface area contributed by atoms with Crippen molar-refractivity contribution in [2.45, 2.75) is 20.8 Å². The number of hydrogen-bond donors (Lipinski definition) is 1. The number of piperazine rings is 1. The summed E-state index contributed by atoms with van der Waals surface area (Å²) in [6.45, 7) is 8.92. The van der Waals surface area contributed by atoms with Crippen LogP contribution in [0.2, 0.25) is 0 Å². The molecule has 0 aromatic heterocycles. The maximum atomic E-state index is 11.8. The molecule has 0 aromatic carbocycles. The van der Waals surface area contributed by atoms with Gasteiger partial charge in [-0.05, 0) is 0 Å². The van der Waals surface area contributed by atoms with E-state index in [0.717, 1.165) is 26.2 Å². The summed E-state index contributed by atoms with van der Waals surface area (Å²) in [5.41, 5.74) is -0.267. The number of nitrogens with zero attached hydrogens (tertiary/aromatic N) is 2. The van der Waals surface area contributed by atoms with Gasteiger partial charge in [0, 0.05) is 31.6 Å². The molecule has 1 amide bonds. The number of hydrogen-bond acceptors (Lipinski definition) is 3. The van der Waals surface area contributed by atoms with Crippen LogP contribution in [0.25, 0.3) is 0 Å². The SMILES string of the molecule is CC(C)(C)C(=O)N1CCN(N)CC1. The van der Waals surface area contributed by atoms with E-state index in [4.69, 9.17) is 5.84 Å². The fourth-order valence-electron chi connectivity index (χ4n) is 1.40. The Labute approximate surface area is 79.6 Å². The van der Waals surface area contributed by atoms with E-state index < -0.39 is 0 Å². The molecule has 1 saturated heterocycles. The van der Waals surface area contributed by atoms with Crippen molar-refractivity contribution in [1.82, 2.24) is 9.91 Å². The van der Waals surface area contributed by atoms with Crippen molar-refractivity contribution in [2.75, 3.05) is 26.2 Å². The van der Waals surface area contributed by atoms with Crippen molar-refractivity contribution in [2.24, 2.45) is 11.3 Å². The van der Waals surface area contributed by atoms with E-state index in [9.17, 15) is 4.79 Å². The third kappa shape index (κ3) is 2.67. The maximum Gasteiger partial charge on any atom is 0.228 e.